The number of oxazole rings is 1. The Balaban J connectivity index is 1.58. The van der Waals surface area contributed by atoms with E-state index in [0.29, 0.717) is 41.0 Å². The fraction of sp³-hybridized carbons (Fsp3) is 0.304. The topological polar surface area (TPSA) is 125 Å². The van der Waals surface area contributed by atoms with Gasteiger partial charge in [0.1, 0.15) is 0 Å². The number of anilines is 1. The van der Waals surface area contributed by atoms with Crippen LogP contribution in [-0.2, 0) is 6.54 Å². The summed E-state index contributed by atoms with van der Waals surface area (Å²) in [6, 6.07) is 4.91. The van der Waals surface area contributed by atoms with Crippen molar-refractivity contribution in [2.45, 2.75) is 39.3 Å². The Bertz CT molecular complexity index is 1410. The average molecular weight is 467 g/mol. The molecule has 0 radical (unpaired) electrons. The summed E-state index contributed by atoms with van der Waals surface area (Å²) in [5.41, 5.74) is 0.722. The summed E-state index contributed by atoms with van der Waals surface area (Å²) in [6.45, 7) is 5.35. The second kappa shape index (κ2) is 8.10. The van der Waals surface area contributed by atoms with Gasteiger partial charge in [-0.05, 0) is 45.4 Å². The lowest BCUT2D eigenvalue weighted by Gasteiger charge is -2.16. The molecule has 4 aromatic rings. The number of nitrogens with one attached hydrogen (secondary N) is 1. The number of aliphatic hydroxyl groups is 1. The number of benzene rings is 1. The van der Waals surface area contributed by atoms with Crippen LogP contribution in [0.4, 0.5) is 10.2 Å². The Kier molecular flexibility index (Phi) is 5.20. The molecule has 0 saturated carbocycles. The highest BCUT2D eigenvalue weighted by molar-refractivity contribution is 6.07. The van der Waals surface area contributed by atoms with E-state index in [1.807, 2.05) is 0 Å². The van der Waals surface area contributed by atoms with E-state index in [9.17, 15) is 9.90 Å². The normalized spacial score (nSPS) is 13.0. The fourth-order valence-corrected chi connectivity index (χ4v) is 3.68. The van der Waals surface area contributed by atoms with Crippen molar-refractivity contribution in [2.24, 2.45) is 0 Å². The van der Waals surface area contributed by atoms with Gasteiger partial charge in [0.15, 0.2) is 29.4 Å². The Morgan fingerprint density at radius 1 is 1.29 bits per heavy atom. The molecule has 0 atom stereocenters. The van der Waals surface area contributed by atoms with Crippen molar-refractivity contribution in [1.82, 2.24) is 19.7 Å². The van der Waals surface area contributed by atoms with Gasteiger partial charge in [-0.25, -0.2) is 19.0 Å². The minimum absolute atomic E-state index is 0.0435. The van der Waals surface area contributed by atoms with Crippen molar-refractivity contribution < 1.29 is 28.2 Å². The number of pyridine rings is 1. The smallest absolute Gasteiger partial charge is 0.294 e. The monoisotopic (exact) mass is 467 g/mol. The molecule has 5 rings (SSSR count). The third kappa shape index (κ3) is 3.94. The number of fused-ring (bicyclic) bond motifs is 2. The second-order valence-corrected chi connectivity index (χ2v) is 8.61. The van der Waals surface area contributed by atoms with Crippen LogP contribution in [0.1, 0.15) is 36.5 Å². The fourth-order valence-electron chi connectivity index (χ4n) is 3.68. The van der Waals surface area contributed by atoms with Crippen LogP contribution in [0.25, 0.3) is 22.2 Å². The highest BCUT2D eigenvalue weighted by atomic mass is 19.1. The number of hydrogen-bond acceptors (Lipinski definition) is 8. The molecule has 0 spiro atoms. The number of nitrogens with zero attached hydrogens (tertiary/aromatic N) is 4. The third-order valence-electron chi connectivity index (χ3n) is 5.50. The highest BCUT2D eigenvalue weighted by Gasteiger charge is 2.24. The maximum Gasteiger partial charge on any atom is 0.294 e. The summed E-state index contributed by atoms with van der Waals surface area (Å²) in [5, 5.41) is 17.9. The molecule has 1 aromatic carbocycles. The van der Waals surface area contributed by atoms with Gasteiger partial charge >= 0.3 is 0 Å². The molecule has 3 aromatic heterocycles. The van der Waals surface area contributed by atoms with Crippen LogP contribution in [0.3, 0.4) is 0 Å². The molecule has 0 aliphatic carbocycles. The molecular weight excluding hydrogens is 445 g/mol. The molecule has 0 saturated heterocycles. The van der Waals surface area contributed by atoms with Crippen LogP contribution in [0.5, 0.6) is 11.5 Å². The quantitative estimate of drug-likeness (QED) is 0.440. The highest BCUT2D eigenvalue weighted by Crippen LogP contribution is 2.40. The molecule has 0 fully saturated rings. The molecule has 10 nitrogen and oxygen atoms in total. The number of aromatic nitrogens is 4. The molecule has 4 heterocycles. The molecule has 1 amide bonds. The van der Waals surface area contributed by atoms with Crippen LogP contribution in [0, 0.1) is 12.7 Å². The van der Waals surface area contributed by atoms with Crippen LogP contribution in [-0.4, -0.2) is 43.2 Å². The van der Waals surface area contributed by atoms with E-state index in [4.69, 9.17) is 13.9 Å². The van der Waals surface area contributed by atoms with Gasteiger partial charge in [0, 0.05) is 23.9 Å². The van der Waals surface area contributed by atoms with E-state index < -0.39 is 17.3 Å². The lowest BCUT2D eigenvalue weighted by molar-refractivity contribution is 0.0654. The molecule has 2 N–H and O–H groups in total. The predicted octanol–water partition coefficient (Wildman–Crippen LogP) is 3.68. The maximum atomic E-state index is 15.1. The molecule has 176 valence electrons. The zero-order chi connectivity index (χ0) is 24.0. The van der Waals surface area contributed by atoms with Gasteiger partial charge in [-0.1, -0.05) is 0 Å². The van der Waals surface area contributed by atoms with Gasteiger partial charge in [-0.15, -0.1) is 0 Å². The van der Waals surface area contributed by atoms with Crippen molar-refractivity contribution in [1.29, 1.82) is 0 Å². The lowest BCUT2D eigenvalue weighted by atomic mass is 10.0. The number of rotatable bonds is 6. The largest absolute Gasteiger partial charge is 0.453 e. The molecule has 0 bridgehead atoms. The van der Waals surface area contributed by atoms with E-state index in [0.717, 1.165) is 0 Å². The molecule has 34 heavy (non-hydrogen) atoms. The molecule has 11 heteroatoms. The zero-order valence-corrected chi connectivity index (χ0v) is 18.8. The third-order valence-corrected chi connectivity index (χ3v) is 5.50. The van der Waals surface area contributed by atoms with E-state index in [1.54, 1.807) is 43.7 Å². The van der Waals surface area contributed by atoms with E-state index in [2.05, 4.69) is 20.4 Å². The van der Waals surface area contributed by atoms with E-state index in [-0.39, 0.29) is 29.7 Å². The Morgan fingerprint density at radius 2 is 2.12 bits per heavy atom. The first-order chi connectivity index (χ1) is 16.2. The molecular formula is C23H22FN5O5. The predicted molar refractivity (Wildman–Crippen MR) is 119 cm³/mol. The summed E-state index contributed by atoms with van der Waals surface area (Å²) in [6.07, 6.45) is 3.11. The average Bonchev–Trinajstić information content (AvgIpc) is 3.51. The summed E-state index contributed by atoms with van der Waals surface area (Å²) in [5.74, 6) is -0.415. The molecule has 1 aliphatic heterocycles. The Morgan fingerprint density at radius 3 is 2.85 bits per heavy atom. The zero-order valence-electron chi connectivity index (χ0n) is 18.8. The number of carbonyl (C=O) groups excluding carboxylic acids is 1. The minimum atomic E-state index is -0.922. The van der Waals surface area contributed by atoms with Crippen molar-refractivity contribution in [3.8, 4) is 22.6 Å². The molecule has 1 aliphatic rings. The summed E-state index contributed by atoms with van der Waals surface area (Å²) in [7, 11) is 0. The van der Waals surface area contributed by atoms with Gasteiger partial charge in [-0.3, -0.25) is 4.79 Å². The van der Waals surface area contributed by atoms with Crippen LogP contribution in [0.2, 0.25) is 0 Å². The van der Waals surface area contributed by atoms with Gasteiger partial charge < -0.3 is 24.3 Å². The Hall–Kier alpha value is -3.99. The number of carbonyl (C=O) groups is 1. The van der Waals surface area contributed by atoms with E-state index in [1.165, 1.54) is 12.6 Å². The van der Waals surface area contributed by atoms with Gasteiger partial charge in [0.05, 0.1) is 16.7 Å². The summed E-state index contributed by atoms with van der Waals surface area (Å²) >= 11 is 0. The number of aryl methyl sites for hydroxylation is 2. The summed E-state index contributed by atoms with van der Waals surface area (Å²) < 4.78 is 32.3. The van der Waals surface area contributed by atoms with Crippen molar-refractivity contribution in [2.75, 3.05) is 12.1 Å². The van der Waals surface area contributed by atoms with Gasteiger partial charge in [0.25, 0.3) is 5.91 Å². The summed E-state index contributed by atoms with van der Waals surface area (Å²) in [4.78, 5) is 21.2. The number of ether oxygens (including phenoxy) is 2. The number of hydrogen-bond donors (Lipinski definition) is 2. The van der Waals surface area contributed by atoms with Crippen LogP contribution < -0.4 is 14.8 Å². The van der Waals surface area contributed by atoms with Crippen molar-refractivity contribution >= 4 is 22.8 Å². The standard InChI is InChI=1S/C23H22FN5O5/c1-12-18(32-10-26-12)22(30)27-20-15-8-13(14-4-5-16-19(17(14)24)34-11-33-16)9-25-21(15)29(28-20)7-6-23(2,3)31/h4-5,8-10,31H,6-7,11H2,1-3H3,(H,27,28,30). The first-order valence-corrected chi connectivity index (χ1v) is 10.6. The van der Waals surface area contributed by atoms with Crippen LogP contribution in [0.15, 0.2) is 35.2 Å². The molecule has 0 unspecified atom stereocenters. The number of halogens is 1. The van der Waals surface area contributed by atoms with Crippen molar-refractivity contribution in [3.63, 3.8) is 0 Å². The first kappa shape index (κ1) is 21.8. The SMILES string of the molecule is Cc1ncoc1C(=O)Nc1nn(CCC(C)(C)O)c2ncc(-c3ccc4c(c3F)OCO4)cc12. The lowest BCUT2D eigenvalue weighted by Crippen LogP contribution is -2.21. The van der Waals surface area contributed by atoms with Crippen molar-refractivity contribution in [3.05, 3.63) is 48.1 Å². The first-order valence-electron chi connectivity index (χ1n) is 10.6. The number of amides is 1. The van der Waals surface area contributed by atoms with Gasteiger partial charge in [-0.2, -0.15) is 5.10 Å². The second-order valence-electron chi connectivity index (χ2n) is 8.61. The Labute approximate surface area is 193 Å². The van der Waals surface area contributed by atoms with E-state index >= 15 is 4.39 Å². The minimum Gasteiger partial charge on any atom is -0.453 e. The van der Waals surface area contributed by atoms with Crippen LogP contribution >= 0.6 is 0 Å². The van der Waals surface area contributed by atoms with Gasteiger partial charge in [0.2, 0.25) is 18.3 Å². The maximum absolute atomic E-state index is 15.1.